The quantitative estimate of drug-likeness (QED) is 0.674. The van der Waals surface area contributed by atoms with E-state index in [9.17, 15) is 5.26 Å². The van der Waals surface area contributed by atoms with E-state index in [0.29, 0.717) is 4.88 Å². The first-order chi connectivity index (χ1) is 12.7. The minimum absolute atomic E-state index is 0.128. The SMILES string of the molecule is CCN(CC)c1ccc(/C=C/c2ccc(C(C#N)=C(C#N)C#N)s2)cc1. The molecule has 128 valence electrons. The van der Waals surface area contributed by atoms with Gasteiger partial charge in [-0.05, 0) is 49.8 Å². The monoisotopic (exact) mass is 358 g/mol. The maximum Gasteiger partial charge on any atom is 0.148 e. The standard InChI is InChI=1S/C21H18N4S/c1-3-25(4-2)18-8-5-16(6-9-18)7-10-19-11-12-21(26-19)20(15-24)17(13-22)14-23/h5-12H,3-4H2,1-2H3/b10-7+. The molecule has 26 heavy (non-hydrogen) atoms. The first-order valence-corrected chi connectivity index (χ1v) is 9.06. The van der Waals surface area contributed by atoms with Gasteiger partial charge in [-0.15, -0.1) is 11.3 Å². The Morgan fingerprint density at radius 2 is 1.58 bits per heavy atom. The Hall–Kier alpha value is -3.33. The average Bonchev–Trinajstić information content (AvgIpc) is 3.15. The third-order valence-corrected chi connectivity index (χ3v) is 4.99. The van der Waals surface area contributed by atoms with Gasteiger partial charge in [-0.2, -0.15) is 15.8 Å². The minimum Gasteiger partial charge on any atom is -0.372 e. The Bertz CT molecular complexity index is 924. The number of hydrogen-bond acceptors (Lipinski definition) is 5. The van der Waals surface area contributed by atoms with Gasteiger partial charge in [-0.3, -0.25) is 0 Å². The van der Waals surface area contributed by atoms with E-state index in [1.54, 1.807) is 18.2 Å². The Labute approximate surface area is 158 Å². The third kappa shape index (κ3) is 4.39. The second-order valence-electron chi connectivity index (χ2n) is 5.38. The van der Waals surface area contributed by atoms with Gasteiger partial charge in [0.25, 0.3) is 0 Å². The van der Waals surface area contributed by atoms with Crippen molar-refractivity contribution in [3.8, 4) is 18.2 Å². The molecule has 0 saturated heterocycles. The summed E-state index contributed by atoms with van der Waals surface area (Å²) in [7, 11) is 0. The molecule has 0 aliphatic rings. The van der Waals surface area contributed by atoms with Gasteiger partial charge in [0, 0.05) is 28.5 Å². The van der Waals surface area contributed by atoms with Crippen LogP contribution in [0.4, 0.5) is 5.69 Å². The molecule has 0 saturated carbocycles. The number of nitrogens with zero attached hydrogens (tertiary/aromatic N) is 4. The lowest BCUT2D eigenvalue weighted by Crippen LogP contribution is -2.21. The van der Waals surface area contributed by atoms with Crippen LogP contribution in [0, 0.1) is 34.0 Å². The number of allylic oxidation sites excluding steroid dienone is 2. The molecular weight excluding hydrogens is 340 g/mol. The Kier molecular flexibility index (Phi) is 6.75. The lowest BCUT2D eigenvalue weighted by atomic mass is 10.1. The summed E-state index contributed by atoms with van der Waals surface area (Å²) in [4.78, 5) is 3.87. The lowest BCUT2D eigenvalue weighted by Gasteiger charge is -2.20. The summed E-state index contributed by atoms with van der Waals surface area (Å²) in [5, 5.41) is 27.1. The second kappa shape index (κ2) is 9.23. The normalized spacial score (nSPS) is 9.96. The fraction of sp³-hybridized carbons (Fsp3) is 0.190. The summed E-state index contributed by atoms with van der Waals surface area (Å²) in [6, 6.07) is 17.5. The lowest BCUT2D eigenvalue weighted by molar-refractivity contribution is 0.866. The number of hydrogen-bond donors (Lipinski definition) is 0. The molecule has 0 aliphatic carbocycles. The van der Waals surface area contributed by atoms with Gasteiger partial charge in [0.15, 0.2) is 0 Å². The van der Waals surface area contributed by atoms with Gasteiger partial charge in [0.1, 0.15) is 23.8 Å². The van der Waals surface area contributed by atoms with Gasteiger partial charge in [-0.1, -0.05) is 18.2 Å². The smallest absolute Gasteiger partial charge is 0.148 e. The number of thiophene rings is 1. The van der Waals surface area contributed by atoms with Crippen LogP contribution in [-0.4, -0.2) is 13.1 Å². The van der Waals surface area contributed by atoms with Crippen LogP contribution in [0.3, 0.4) is 0 Å². The summed E-state index contributed by atoms with van der Waals surface area (Å²) in [6.07, 6.45) is 3.97. The molecule has 0 aliphatic heterocycles. The van der Waals surface area contributed by atoms with Crippen molar-refractivity contribution in [1.29, 1.82) is 15.8 Å². The van der Waals surface area contributed by atoms with Crippen molar-refractivity contribution in [2.45, 2.75) is 13.8 Å². The minimum atomic E-state index is -0.156. The first kappa shape index (κ1) is 19.0. The van der Waals surface area contributed by atoms with Gasteiger partial charge in [-0.25, -0.2) is 0 Å². The van der Waals surface area contributed by atoms with E-state index in [1.165, 1.54) is 17.0 Å². The van der Waals surface area contributed by atoms with Crippen molar-refractivity contribution in [2.75, 3.05) is 18.0 Å². The summed E-state index contributed by atoms with van der Waals surface area (Å²) < 4.78 is 0. The van der Waals surface area contributed by atoms with Gasteiger partial charge < -0.3 is 4.90 Å². The van der Waals surface area contributed by atoms with Crippen molar-refractivity contribution in [3.05, 3.63) is 57.3 Å². The predicted octanol–water partition coefficient (Wildman–Crippen LogP) is 5.09. The average molecular weight is 358 g/mol. The zero-order chi connectivity index (χ0) is 18.9. The fourth-order valence-corrected chi connectivity index (χ4v) is 3.42. The molecule has 0 atom stereocenters. The van der Waals surface area contributed by atoms with Crippen LogP contribution < -0.4 is 4.90 Å². The van der Waals surface area contributed by atoms with Crippen LogP contribution in [0.15, 0.2) is 42.0 Å². The highest BCUT2D eigenvalue weighted by atomic mass is 32.1. The highest BCUT2D eigenvalue weighted by molar-refractivity contribution is 7.14. The van der Waals surface area contributed by atoms with E-state index in [4.69, 9.17) is 10.5 Å². The Balaban J connectivity index is 2.19. The molecule has 0 spiro atoms. The second-order valence-corrected chi connectivity index (χ2v) is 6.50. The Morgan fingerprint density at radius 1 is 0.923 bits per heavy atom. The summed E-state index contributed by atoms with van der Waals surface area (Å²) in [5.41, 5.74) is 2.26. The molecule has 2 rings (SSSR count). The molecule has 1 aromatic heterocycles. The Morgan fingerprint density at radius 3 is 2.12 bits per heavy atom. The number of nitriles is 3. The van der Waals surface area contributed by atoms with E-state index >= 15 is 0 Å². The van der Waals surface area contributed by atoms with Gasteiger partial charge >= 0.3 is 0 Å². The zero-order valence-corrected chi connectivity index (χ0v) is 15.5. The molecule has 5 heteroatoms. The molecule has 4 nitrogen and oxygen atoms in total. The number of benzene rings is 1. The molecule has 1 aromatic carbocycles. The molecule has 0 N–H and O–H groups in total. The molecular formula is C21H18N4S. The van der Waals surface area contributed by atoms with Crippen LogP contribution in [-0.2, 0) is 0 Å². The molecule has 0 radical (unpaired) electrons. The molecule has 0 fully saturated rings. The van der Waals surface area contributed by atoms with Gasteiger partial charge in [0.2, 0.25) is 0 Å². The van der Waals surface area contributed by atoms with Crippen LogP contribution >= 0.6 is 11.3 Å². The molecule has 0 amide bonds. The fourth-order valence-electron chi connectivity index (χ4n) is 2.51. The number of rotatable bonds is 6. The van der Waals surface area contributed by atoms with Crippen LogP contribution in [0.5, 0.6) is 0 Å². The van der Waals surface area contributed by atoms with Crippen molar-refractivity contribution < 1.29 is 0 Å². The topological polar surface area (TPSA) is 74.6 Å². The highest BCUT2D eigenvalue weighted by Crippen LogP contribution is 2.27. The largest absolute Gasteiger partial charge is 0.372 e. The predicted molar refractivity (Wildman–Crippen MR) is 107 cm³/mol. The highest BCUT2D eigenvalue weighted by Gasteiger charge is 2.10. The van der Waals surface area contributed by atoms with Crippen molar-refractivity contribution >= 4 is 34.7 Å². The van der Waals surface area contributed by atoms with Crippen LogP contribution in [0.25, 0.3) is 17.7 Å². The third-order valence-electron chi connectivity index (χ3n) is 3.92. The maximum absolute atomic E-state index is 9.22. The summed E-state index contributed by atoms with van der Waals surface area (Å²) in [6.45, 7) is 6.23. The van der Waals surface area contributed by atoms with Crippen LogP contribution in [0.1, 0.15) is 29.2 Å². The number of anilines is 1. The first-order valence-electron chi connectivity index (χ1n) is 8.24. The van der Waals surface area contributed by atoms with E-state index in [-0.39, 0.29) is 11.1 Å². The zero-order valence-electron chi connectivity index (χ0n) is 14.7. The van der Waals surface area contributed by atoms with Gasteiger partial charge in [0.05, 0.1) is 5.57 Å². The van der Waals surface area contributed by atoms with E-state index in [0.717, 1.165) is 23.5 Å². The van der Waals surface area contributed by atoms with Crippen LogP contribution in [0.2, 0.25) is 0 Å². The van der Waals surface area contributed by atoms with Crippen molar-refractivity contribution in [3.63, 3.8) is 0 Å². The van der Waals surface area contributed by atoms with Crippen molar-refractivity contribution in [1.82, 2.24) is 0 Å². The molecule has 1 heterocycles. The van der Waals surface area contributed by atoms with E-state index in [1.807, 2.05) is 24.3 Å². The summed E-state index contributed by atoms with van der Waals surface area (Å²) in [5.74, 6) is 0. The summed E-state index contributed by atoms with van der Waals surface area (Å²) >= 11 is 1.38. The maximum atomic E-state index is 9.22. The molecule has 2 aromatic rings. The van der Waals surface area contributed by atoms with Crippen molar-refractivity contribution in [2.24, 2.45) is 0 Å². The van der Waals surface area contributed by atoms with E-state index in [2.05, 4.69) is 43.0 Å². The molecule has 0 bridgehead atoms. The molecule has 0 unspecified atom stereocenters. The van der Waals surface area contributed by atoms with E-state index < -0.39 is 0 Å².